The van der Waals surface area contributed by atoms with E-state index >= 15 is 0 Å². The van der Waals surface area contributed by atoms with Crippen molar-refractivity contribution >= 4 is 23.3 Å². The van der Waals surface area contributed by atoms with Crippen LogP contribution >= 0.6 is 11.6 Å². The van der Waals surface area contributed by atoms with E-state index < -0.39 is 0 Å². The van der Waals surface area contributed by atoms with Crippen molar-refractivity contribution in [3.63, 3.8) is 0 Å². The van der Waals surface area contributed by atoms with Gasteiger partial charge in [-0.1, -0.05) is 17.7 Å². The highest BCUT2D eigenvalue weighted by atomic mass is 35.5. The summed E-state index contributed by atoms with van der Waals surface area (Å²) in [6, 6.07) is 5.41. The highest BCUT2D eigenvalue weighted by molar-refractivity contribution is 6.33. The molecule has 5 heteroatoms. The van der Waals surface area contributed by atoms with E-state index in [0.29, 0.717) is 17.3 Å². The fourth-order valence-corrected chi connectivity index (χ4v) is 2.30. The summed E-state index contributed by atoms with van der Waals surface area (Å²) in [5.41, 5.74) is 1.56. The number of aryl methyl sites for hydroxylation is 1. The minimum Gasteiger partial charge on any atom is -0.382 e. The lowest BCUT2D eigenvalue weighted by atomic mass is 10.2. The number of carbonyl (C=O) groups is 1. The molecular weight excluding hydrogens is 264 g/mol. The van der Waals surface area contributed by atoms with E-state index in [4.69, 9.17) is 16.3 Å². The van der Waals surface area contributed by atoms with Gasteiger partial charge in [0.25, 0.3) is 0 Å². The lowest BCUT2D eigenvalue weighted by Crippen LogP contribution is -2.44. The molecule has 1 saturated carbocycles. The van der Waals surface area contributed by atoms with Crippen LogP contribution in [0.15, 0.2) is 18.2 Å². The van der Waals surface area contributed by atoms with Gasteiger partial charge in [0.2, 0.25) is 0 Å². The van der Waals surface area contributed by atoms with E-state index in [9.17, 15) is 4.79 Å². The molecule has 1 aliphatic rings. The van der Waals surface area contributed by atoms with Gasteiger partial charge in [-0.05, 0) is 37.5 Å². The largest absolute Gasteiger partial charge is 0.382 e. The number of carbonyl (C=O) groups excluding carboxylic acids is 1. The zero-order valence-electron chi connectivity index (χ0n) is 11.5. The Labute approximate surface area is 118 Å². The number of hydrogen-bond acceptors (Lipinski definition) is 2. The van der Waals surface area contributed by atoms with Gasteiger partial charge in [-0.3, -0.25) is 0 Å². The number of methoxy groups -OCH3 is 1. The Morgan fingerprint density at radius 3 is 2.79 bits per heavy atom. The summed E-state index contributed by atoms with van der Waals surface area (Å²) in [5, 5.41) is 3.40. The molecule has 0 unspecified atom stereocenters. The Bertz CT molecular complexity index is 486. The highest BCUT2D eigenvalue weighted by Crippen LogP contribution is 2.41. The molecule has 0 radical (unpaired) electrons. The quantitative estimate of drug-likeness (QED) is 0.921. The van der Waals surface area contributed by atoms with Crippen molar-refractivity contribution in [1.29, 1.82) is 0 Å². The van der Waals surface area contributed by atoms with E-state index in [2.05, 4.69) is 5.32 Å². The third-order valence-electron chi connectivity index (χ3n) is 3.62. The normalized spacial score (nSPS) is 16.0. The average molecular weight is 283 g/mol. The first-order valence-electron chi connectivity index (χ1n) is 6.28. The van der Waals surface area contributed by atoms with Crippen LogP contribution in [0.2, 0.25) is 5.02 Å². The molecule has 1 aromatic rings. The van der Waals surface area contributed by atoms with Crippen LogP contribution in [0.3, 0.4) is 0 Å². The van der Waals surface area contributed by atoms with Gasteiger partial charge >= 0.3 is 6.03 Å². The molecule has 0 aromatic heterocycles. The second-order valence-corrected chi connectivity index (χ2v) is 5.54. The van der Waals surface area contributed by atoms with Crippen molar-refractivity contribution in [2.75, 3.05) is 26.1 Å². The molecule has 1 fully saturated rings. The van der Waals surface area contributed by atoms with Gasteiger partial charge < -0.3 is 15.0 Å². The van der Waals surface area contributed by atoms with Crippen molar-refractivity contribution in [2.24, 2.45) is 0 Å². The monoisotopic (exact) mass is 282 g/mol. The van der Waals surface area contributed by atoms with E-state index in [1.54, 1.807) is 25.1 Å². The number of likely N-dealkylation sites (N-methyl/N-ethyl adjacent to an activating group) is 1. The third kappa shape index (κ3) is 3.01. The minimum absolute atomic E-state index is 0.144. The smallest absolute Gasteiger partial charge is 0.322 e. The Hall–Kier alpha value is -1.26. The summed E-state index contributed by atoms with van der Waals surface area (Å²) in [4.78, 5) is 14.0. The molecule has 0 spiro atoms. The highest BCUT2D eigenvalue weighted by Gasteiger charge is 2.48. The SMILES string of the molecule is COCC1(N(C)C(=O)Nc2cc(C)ccc2Cl)CC1. The first kappa shape index (κ1) is 14.2. The number of rotatable bonds is 4. The van der Waals surface area contributed by atoms with Gasteiger partial charge in [-0.15, -0.1) is 0 Å². The summed E-state index contributed by atoms with van der Waals surface area (Å²) in [6.07, 6.45) is 1.96. The van der Waals surface area contributed by atoms with Gasteiger partial charge in [-0.25, -0.2) is 4.79 Å². The number of anilines is 1. The predicted octanol–water partition coefficient (Wildman–Crippen LogP) is 3.29. The number of nitrogens with zero attached hydrogens (tertiary/aromatic N) is 1. The molecule has 2 amide bonds. The molecule has 0 saturated heterocycles. The standard InChI is InChI=1S/C14H19ClN2O2/c1-10-4-5-11(15)12(8-10)16-13(18)17(2)14(6-7-14)9-19-3/h4-5,8H,6-7,9H2,1-3H3,(H,16,18). The summed E-state index contributed by atoms with van der Waals surface area (Å²) in [7, 11) is 3.45. The lowest BCUT2D eigenvalue weighted by Gasteiger charge is -2.27. The zero-order valence-corrected chi connectivity index (χ0v) is 12.3. The maximum atomic E-state index is 12.2. The van der Waals surface area contributed by atoms with Crippen molar-refractivity contribution in [2.45, 2.75) is 25.3 Å². The topological polar surface area (TPSA) is 41.6 Å². The van der Waals surface area contributed by atoms with Crippen molar-refractivity contribution in [3.05, 3.63) is 28.8 Å². The molecule has 1 aliphatic carbocycles. The first-order valence-corrected chi connectivity index (χ1v) is 6.66. The first-order chi connectivity index (χ1) is 8.98. The number of urea groups is 1. The average Bonchev–Trinajstić information content (AvgIpc) is 3.14. The second-order valence-electron chi connectivity index (χ2n) is 5.13. The molecule has 2 rings (SSSR count). The van der Waals surface area contributed by atoms with Gasteiger partial charge in [0.1, 0.15) is 0 Å². The van der Waals surface area contributed by atoms with Gasteiger partial charge in [0.05, 0.1) is 22.9 Å². The Balaban J connectivity index is 2.07. The summed E-state index contributed by atoms with van der Waals surface area (Å²) >= 11 is 6.08. The molecular formula is C14H19ClN2O2. The van der Waals surface area contributed by atoms with Crippen LogP contribution in [0.5, 0.6) is 0 Å². The van der Waals surface area contributed by atoms with Crippen LogP contribution in [0.4, 0.5) is 10.5 Å². The molecule has 19 heavy (non-hydrogen) atoms. The zero-order chi connectivity index (χ0) is 14.0. The van der Waals surface area contributed by atoms with Crippen LogP contribution in [0.25, 0.3) is 0 Å². The van der Waals surface area contributed by atoms with Crippen LogP contribution in [-0.2, 0) is 4.74 Å². The number of ether oxygens (including phenoxy) is 1. The molecule has 4 nitrogen and oxygen atoms in total. The molecule has 104 valence electrons. The van der Waals surface area contributed by atoms with E-state index in [0.717, 1.165) is 18.4 Å². The Morgan fingerprint density at radius 2 is 2.21 bits per heavy atom. The number of halogens is 1. The van der Waals surface area contributed by atoms with Gasteiger partial charge in [0, 0.05) is 14.2 Å². The number of nitrogens with one attached hydrogen (secondary N) is 1. The second kappa shape index (κ2) is 5.39. The fourth-order valence-electron chi connectivity index (χ4n) is 2.14. The minimum atomic E-state index is -0.151. The number of hydrogen-bond donors (Lipinski definition) is 1. The molecule has 0 aliphatic heterocycles. The third-order valence-corrected chi connectivity index (χ3v) is 3.95. The molecule has 0 atom stereocenters. The predicted molar refractivity (Wildman–Crippen MR) is 76.8 cm³/mol. The van der Waals surface area contributed by atoms with Crippen LogP contribution < -0.4 is 5.32 Å². The van der Waals surface area contributed by atoms with Gasteiger partial charge in [-0.2, -0.15) is 0 Å². The molecule has 1 N–H and O–H groups in total. The summed E-state index contributed by atoms with van der Waals surface area (Å²) in [5.74, 6) is 0. The maximum Gasteiger partial charge on any atom is 0.322 e. The molecule has 1 aromatic carbocycles. The van der Waals surface area contributed by atoms with Crippen molar-refractivity contribution in [3.8, 4) is 0 Å². The maximum absolute atomic E-state index is 12.2. The van der Waals surface area contributed by atoms with Crippen LogP contribution in [-0.4, -0.2) is 37.2 Å². The van der Waals surface area contributed by atoms with Crippen LogP contribution in [0.1, 0.15) is 18.4 Å². The number of benzene rings is 1. The van der Waals surface area contributed by atoms with Gasteiger partial charge in [0.15, 0.2) is 0 Å². The van der Waals surface area contributed by atoms with E-state index in [1.165, 1.54) is 0 Å². The lowest BCUT2D eigenvalue weighted by molar-refractivity contribution is 0.108. The molecule has 0 heterocycles. The fraction of sp³-hybridized carbons (Fsp3) is 0.500. The summed E-state index contributed by atoms with van der Waals surface area (Å²) < 4.78 is 5.19. The van der Waals surface area contributed by atoms with Crippen molar-refractivity contribution < 1.29 is 9.53 Å². The van der Waals surface area contributed by atoms with E-state index in [1.807, 2.05) is 19.1 Å². The Morgan fingerprint density at radius 1 is 1.53 bits per heavy atom. The van der Waals surface area contributed by atoms with Crippen molar-refractivity contribution in [1.82, 2.24) is 4.90 Å². The number of amides is 2. The summed E-state index contributed by atoms with van der Waals surface area (Å²) in [6.45, 7) is 2.53. The van der Waals surface area contributed by atoms with E-state index in [-0.39, 0.29) is 11.6 Å². The Kier molecular flexibility index (Phi) is 4.02. The molecule has 0 bridgehead atoms. The van der Waals surface area contributed by atoms with Crippen LogP contribution in [0, 0.1) is 6.92 Å².